The minimum absolute atomic E-state index is 0.160. The van der Waals surface area contributed by atoms with Gasteiger partial charge in [-0.05, 0) is 55.0 Å². The molecule has 0 unspecified atom stereocenters. The van der Waals surface area contributed by atoms with Crippen molar-refractivity contribution < 1.29 is 4.79 Å². The normalized spacial score (nSPS) is 16.6. The third-order valence-corrected chi connectivity index (χ3v) is 5.90. The molecule has 0 bridgehead atoms. The van der Waals surface area contributed by atoms with Crippen LogP contribution in [0.2, 0.25) is 0 Å². The van der Waals surface area contributed by atoms with E-state index in [1.54, 1.807) is 6.20 Å². The molecular formula is C20H23N3OS. The minimum atomic E-state index is 0.160. The molecular weight excluding hydrogens is 330 g/mol. The number of aryl methyl sites for hydroxylation is 1. The van der Waals surface area contributed by atoms with Crippen LogP contribution < -0.4 is 5.32 Å². The van der Waals surface area contributed by atoms with Crippen molar-refractivity contribution in [1.29, 1.82) is 0 Å². The number of fused-ring (bicyclic) bond motifs is 1. The highest BCUT2D eigenvalue weighted by molar-refractivity contribution is 7.99. The van der Waals surface area contributed by atoms with E-state index in [4.69, 9.17) is 0 Å². The Labute approximate surface area is 153 Å². The highest BCUT2D eigenvalue weighted by Gasteiger charge is 2.26. The summed E-state index contributed by atoms with van der Waals surface area (Å²) in [4.78, 5) is 19.5. The van der Waals surface area contributed by atoms with Crippen molar-refractivity contribution in [2.75, 3.05) is 29.9 Å². The number of carbonyl (C=O) groups is 1. The summed E-state index contributed by atoms with van der Waals surface area (Å²) in [6.45, 7) is 3.78. The molecule has 4 rings (SSSR count). The van der Waals surface area contributed by atoms with Gasteiger partial charge < -0.3 is 10.2 Å². The maximum Gasteiger partial charge on any atom is 0.255 e. The summed E-state index contributed by atoms with van der Waals surface area (Å²) in [7, 11) is 0. The summed E-state index contributed by atoms with van der Waals surface area (Å²) < 4.78 is 0. The number of amides is 1. The second kappa shape index (κ2) is 7.08. The standard InChI is InChI=1S/C20H23N3OS/c1-14-4-2-5-15(12-14)22-19-17-7-3-6-16(17)18(13-21-19)20(24)23-8-10-25-11-9-23/h2,4-5,12-13H,3,6-11H2,1H3,(H,21,22). The van der Waals surface area contributed by atoms with Crippen molar-refractivity contribution in [2.45, 2.75) is 26.2 Å². The van der Waals surface area contributed by atoms with Gasteiger partial charge >= 0.3 is 0 Å². The lowest BCUT2D eigenvalue weighted by Gasteiger charge is -2.27. The third-order valence-electron chi connectivity index (χ3n) is 4.96. The summed E-state index contributed by atoms with van der Waals surface area (Å²) in [5, 5.41) is 3.45. The first-order valence-corrected chi connectivity index (χ1v) is 10.1. The van der Waals surface area contributed by atoms with Gasteiger partial charge in [0, 0.05) is 36.5 Å². The fraction of sp³-hybridized carbons (Fsp3) is 0.400. The number of benzene rings is 1. The summed E-state index contributed by atoms with van der Waals surface area (Å²) >= 11 is 1.92. The fourth-order valence-corrected chi connectivity index (χ4v) is 4.58. The molecule has 0 radical (unpaired) electrons. The Morgan fingerprint density at radius 3 is 2.80 bits per heavy atom. The van der Waals surface area contributed by atoms with Crippen molar-refractivity contribution in [2.24, 2.45) is 0 Å². The van der Waals surface area contributed by atoms with E-state index in [9.17, 15) is 4.79 Å². The van der Waals surface area contributed by atoms with E-state index in [1.807, 2.05) is 22.7 Å². The number of hydrogen-bond donors (Lipinski definition) is 1. The van der Waals surface area contributed by atoms with Gasteiger partial charge in [-0.1, -0.05) is 12.1 Å². The van der Waals surface area contributed by atoms with E-state index < -0.39 is 0 Å². The van der Waals surface area contributed by atoms with Crippen LogP contribution in [0.3, 0.4) is 0 Å². The Morgan fingerprint density at radius 2 is 2.00 bits per heavy atom. The first kappa shape index (κ1) is 16.5. The Hall–Kier alpha value is -2.01. The highest BCUT2D eigenvalue weighted by atomic mass is 32.2. The fourth-order valence-electron chi connectivity index (χ4n) is 3.68. The van der Waals surface area contributed by atoms with E-state index in [1.165, 1.54) is 16.7 Å². The van der Waals surface area contributed by atoms with Crippen LogP contribution in [0.1, 0.15) is 33.5 Å². The van der Waals surface area contributed by atoms with Crippen LogP contribution in [0.15, 0.2) is 30.5 Å². The Balaban J connectivity index is 1.63. The monoisotopic (exact) mass is 353 g/mol. The molecule has 1 amide bonds. The molecule has 1 aromatic carbocycles. The molecule has 2 heterocycles. The number of anilines is 2. The molecule has 1 N–H and O–H groups in total. The van der Waals surface area contributed by atoms with Crippen molar-refractivity contribution in [3.05, 3.63) is 52.7 Å². The lowest BCUT2D eigenvalue weighted by molar-refractivity contribution is 0.0771. The predicted molar refractivity (Wildman–Crippen MR) is 104 cm³/mol. The number of carbonyl (C=O) groups excluding carboxylic acids is 1. The van der Waals surface area contributed by atoms with Crippen LogP contribution in [0, 0.1) is 6.92 Å². The van der Waals surface area contributed by atoms with Gasteiger partial charge in [0.05, 0.1) is 5.56 Å². The smallest absolute Gasteiger partial charge is 0.255 e. The second-order valence-corrected chi connectivity index (χ2v) is 7.95. The number of aromatic nitrogens is 1. The van der Waals surface area contributed by atoms with Gasteiger partial charge in [0.2, 0.25) is 0 Å². The molecule has 1 saturated heterocycles. The summed E-state index contributed by atoms with van der Waals surface area (Å²) in [5.41, 5.74) is 5.51. The lowest BCUT2D eigenvalue weighted by atomic mass is 10.0. The maximum atomic E-state index is 12.9. The largest absolute Gasteiger partial charge is 0.340 e. The molecule has 1 aliphatic carbocycles. The first-order chi connectivity index (χ1) is 12.2. The first-order valence-electron chi connectivity index (χ1n) is 8.94. The van der Waals surface area contributed by atoms with Crippen LogP contribution >= 0.6 is 11.8 Å². The third kappa shape index (κ3) is 3.38. The van der Waals surface area contributed by atoms with Gasteiger partial charge in [0.25, 0.3) is 5.91 Å². The molecule has 2 aliphatic rings. The van der Waals surface area contributed by atoms with E-state index in [2.05, 4.69) is 35.4 Å². The molecule has 1 fully saturated rings. The zero-order chi connectivity index (χ0) is 17.2. The molecule has 0 spiro atoms. The Morgan fingerprint density at radius 1 is 1.20 bits per heavy atom. The summed E-state index contributed by atoms with van der Waals surface area (Å²) in [6, 6.07) is 8.31. The van der Waals surface area contributed by atoms with Crippen LogP contribution in [0.5, 0.6) is 0 Å². The zero-order valence-corrected chi connectivity index (χ0v) is 15.4. The number of nitrogens with zero attached hydrogens (tertiary/aromatic N) is 2. The number of rotatable bonds is 3. The summed E-state index contributed by atoms with van der Waals surface area (Å²) in [5.74, 6) is 3.14. The van der Waals surface area contributed by atoms with E-state index in [-0.39, 0.29) is 5.91 Å². The summed E-state index contributed by atoms with van der Waals surface area (Å²) in [6.07, 6.45) is 4.85. The molecule has 25 heavy (non-hydrogen) atoms. The van der Waals surface area contributed by atoms with Gasteiger partial charge in [0.1, 0.15) is 5.82 Å². The number of thioether (sulfide) groups is 1. The van der Waals surface area contributed by atoms with Gasteiger partial charge in [0.15, 0.2) is 0 Å². The zero-order valence-electron chi connectivity index (χ0n) is 14.5. The van der Waals surface area contributed by atoms with Gasteiger partial charge in [-0.25, -0.2) is 4.98 Å². The Bertz CT molecular complexity index is 800. The highest BCUT2D eigenvalue weighted by Crippen LogP contribution is 2.32. The average Bonchev–Trinajstić information content (AvgIpc) is 3.12. The number of pyridine rings is 1. The molecule has 0 saturated carbocycles. The molecule has 2 aromatic rings. The van der Waals surface area contributed by atoms with Crippen LogP contribution in [-0.2, 0) is 12.8 Å². The SMILES string of the molecule is Cc1cccc(Nc2ncc(C(=O)N3CCSCC3)c3c2CCC3)c1. The molecule has 1 aliphatic heterocycles. The van der Waals surface area contributed by atoms with Crippen molar-refractivity contribution >= 4 is 29.2 Å². The maximum absolute atomic E-state index is 12.9. The van der Waals surface area contributed by atoms with Crippen LogP contribution in [-0.4, -0.2) is 40.4 Å². The average molecular weight is 353 g/mol. The number of hydrogen-bond acceptors (Lipinski definition) is 4. The van der Waals surface area contributed by atoms with Crippen molar-refractivity contribution in [3.8, 4) is 0 Å². The molecule has 4 nitrogen and oxygen atoms in total. The quantitative estimate of drug-likeness (QED) is 0.911. The molecule has 1 aromatic heterocycles. The molecule has 0 atom stereocenters. The minimum Gasteiger partial charge on any atom is -0.340 e. The van der Waals surface area contributed by atoms with Gasteiger partial charge in [-0.2, -0.15) is 11.8 Å². The van der Waals surface area contributed by atoms with Crippen LogP contribution in [0.4, 0.5) is 11.5 Å². The van der Waals surface area contributed by atoms with E-state index >= 15 is 0 Å². The van der Waals surface area contributed by atoms with Crippen molar-refractivity contribution in [1.82, 2.24) is 9.88 Å². The van der Waals surface area contributed by atoms with Crippen LogP contribution in [0.25, 0.3) is 0 Å². The second-order valence-electron chi connectivity index (χ2n) is 6.73. The Kier molecular flexibility index (Phi) is 4.66. The molecule has 130 valence electrons. The lowest BCUT2D eigenvalue weighted by Crippen LogP contribution is -2.38. The van der Waals surface area contributed by atoms with E-state index in [0.717, 1.165) is 60.9 Å². The topological polar surface area (TPSA) is 45.2 Å². The van der Waals surface area contributed by atoms with Crippen molar-refractivity contribution in [3.63, 3.8) is 0 Å². The predicted octanol–water partition coefficient (Wildman–Crippen LogP) is 3.81. The number of nitrogens with one attached hydrogen (secondary N) is 1. The van der Waals surface area contributed by atoms with Gasteiger partial charge in [-0.15, -0.1) is 0 Å². The van der Waals surface area contributed by atoms with Gasteiger partial charge in [-0.3, -0.25) is 4.79 Å². The molecule has 5 heteroatoms. The van der Waals surface area contributed by atoms with E-state index in [0.29, 0.717) is 0 Å².